The van der Waals surface area contributed by atoms with E-state index in [1.165, 1.54) is 15.7 Å². The van der Waals surface area contributed by atoms with E-state index in [4.69, 9.17) is 4.74 Å². The van der Waals surface area contributed by atoms with Crippen molar-refractivity contribution >= 4 is 23.3 Å². The molecular formula is C36H38ClN3O3. The van der Waals surface area contributed by atoms with Crippen LogP contribution in [0.1, 0.15) is 42.9 Å². The van der Waals surface area contributed by atoms with Gasteiger partial charge in [-0.05, 0) is 67.6 Å². The number of hydrogen-bond donors (Lipinski definition) is 0. The molecule has 0 amide bonds. The third-order valence-corrected chi connectivity index (χ3v) is 8.24. The molecule has 0 unspecified atom stereocenters. The van der Waals surface area contributed by atoms with E-state index in [0.29, 0.717) is 23.1 Å². The first-order valence-electron chi connectivity index (χ1n) is 15.0. The van der Waals surface area contributed by atoms with Crippen molar-refractivity contribution in [1.29, 1.82) is 0 Å². The lowest BCUT2D eigenvalue weighted by molar-refractivity contribution is -0.0271. The molecule has 4 aromatic carbocycles. The van der Waals surface area contributed by atoms with Crippen LogP contribution in [0.15, 0.2) is 125 Å². The van der Waals surface area contributed by atoms with Gasteiger partial charge >= 0.3 is 5.69 Å². The maximum absolute atomic E-state index is 13.5. The Labute approximate surface area is 258 Å². The van der Waals surface area contributed by atoms with Crippen LogP contribution in [0.2, 0.25) is 0 Å². The second-order valence-corrected chi connectivity index (χ2v) is 11.0. The van der Waals surface area contributed by atoms with Crippen LogP contribution in [0.3, 0.4) is 0 Å². The van der Waals surface area contributed by atoms with Crippen molar-refractivity contribution in [3.05, 3.63) is 147 Å². The number of piperidine rings is 1. The molecule has 2 heterocycles. The van der Waals surface area contributed by atoms with Crippen molar-refractivity contribution < 1.29 is 4.74 Å². The van der Waals surface area contributed by atoms with Crippen molar-refractivity contribution in [3.63, 3.8) is 0 Å². The molecule has 1 aromatic heterocycles. The summed E-state index contributed by atoms with van der Waals surface area (Å²) in [4.78, 5) is 29.3. The fourth-order valence-corrected chi connectivity index (χ4v) is 6.01. The van der Waals surface area contributed by atoms with E-state index in [1.807, 2.05) is 48.5 Å². The number of fused-ring (bicyclic) bond motifs is 1. The highest BCUT2D eigenvalue weighted by Crippen LogP contribution is 2.30. The molecule has 0 spiro atoms. The van der Waals surface area contributed by atoms with Crippen LogP contribution in [-0.4, -0.2) is 39.8 Å². The summed E-state index contributed by atoms with van der Waals surface area (Å²) in [5, 5.41) is 0.562. The monoisotopic (exact) mass is 595 g/mol. The van der Waals surface area contributed by atoms with E-state index in [0.717, 1.165) is 45.3 Å². The molecular weight excluding hydrogens is 558 g/mol. The Bertz CT molecular complexity index is 1670. The number of rotatable bonds is 10. The largest absolute Gasteiger partial charge is 0.365 e. The summed E-state index contributed by atoms with van der Waals surface area (Å²) in [6, 6.07) is 37.6. The van der Waals surface area contributed by atoms with Crippen LogP contribution in [-0.2, 0) is 11.3 Å². The second-order valence-electron chi connectivity index (χ2n) is 11.0. The van der Waals surface area contributed by atoms with Crippen molar-refractivity contribution in [3.8, 4) is 5.69 Å². The molecule has 1 saturated heterocycles. The number of halogens is 1. The van der Waals surface area contributed by atoms with Gasteiger partial charge < -0.3 is 9.64 Å². The van der Waals surface area contributed by atoms with Gasteiger partial charge in [-0.15, -0.1) is 12.4 Å². The molecule has 5 aromatic rings. The topological polar surface area (TPSA) is 56.5 Å². The molecule has 0 aliphatic carbocycles. The fourth-order valence-electron chi connectivity index (χ4n) is 6.01. The average molecular weight is 596 g/mol. The van der Waals surface area contributed by atoms with E-state index in [-0.39, 0.29) is 35.9 Å². The van der Waals surface area contributed by atoms with Gasteiger partial charge in [0.2, 0.25) is 0 Å². The minimum absolute atomic E-state index is 0. The van der Waals surface area contributed by atoms with Gasteiger partial charge in [0.25, 0.3) is 5.56 Å². The maximum atomic E-state index is 13.5. The average Bonchev–Trinajstić information content (AvgIpc) is 3.05. The van der Waals surface area contributed by atoms with Crippen LogP contribution in [0.4, 0.5) is 0 Å². The van der Waals surface area contributed by atoms with Crippen molar-refractivity contribution in [2.24, 2.45) is 0 Å². The summed E-state index contributed by atoms with van der Waals surface area (Å²) in [7, 11) is 0. The van der Waals surface area contributed by atoms with Gasteiger partial charge in [0, 0.05) is 19.6 Å². The lowest BCUT2D eigenvalue weighted by Gasteiger charge is -2.34. The number of benzene rings is 4. The normalized spacial score (nSPS) is 14.2. The summed E-state index contributed by atoms with van der Waals surface area (Å²) in [6.45, 7) is 3.56. The first kappa shape index (κ1) is 30.5. The minimum atomic E-state index is -0.283. The van der Waals surface area contributed by atoms with Crippen LogP contribution in [0, 0.1) is 0 Å². The van der Waals surface area contributed by atoms with E-state index >= 15 is 0 Å². The lowest BCUT2D eigenvalue weighted by Crippen LogP contribution is -2.39. The third kappa shape index (κ3) is 6.99. The van der Waals surface area contributed by atoms with Gasteiger partial charge in [0.15, 0.2) is 0 Å². The first-order valence-corrected chi connectivity index (χ1v) is 15.0. The zero-order chi connectivity index (χ0) is 28.7. The lowest BCUT2D eigenvalue weighted by atomic mass is 10.00. The van der Waals surface area contributed by atoms with Gasteiger partial charge in [-0.2, -0.15) is 0 Å². The summed E-state index contributed by atoms with van der Waals surface area (Å²) < 4.78 is 9.77. The van der Waals surface area contributed by atoms with E-state index in [2.05, 4.69) is 53.4 Å². The maximum Gasteiger partial charge on any atom is 0.336 e. The molecule has 0 radical (unpaired) electrons. The predicted octanol–water partition coefficient (Wildman–Crippen LogP) is 6.63. The SMILES string of the molecule is Cl.O=c1c2ccccc2n(CCCCN2CCC(OC(c3ccccc3)c3ccccc3)CC2)c(=O)n1-c1ccccc1. The van der Waals surface area contributed by atoms with Crippen molar-refractivity contribution in [2.45, 2.75) is 44.4 Å². The van der Waals surface area contributed by atoms with Crippen LogP contribution >= 0.6 is 12.4 Å². The zero-order valence-corrected chi connectivity index (χ0v) is 25.1. The summed E-state index contributed by atoms with van der Waals surface area (Å²) in [6.07, 6.45) is 4.00. The molecule has 222 valence electrons. The molecule has 0 bridgehead atoms. The molecule has 6 rings (SSSR count). The van der Waals surface area contributed by atoms with Crippen molar-refractivity contribution in [1.82, 2.24) is 14.0 Å². The fraction of sp³-hybridized carbons (Fsp3) is 0.278. The Hall–Kier alpha value is -3.97. The smallest absolute Gasteiger partial charge is 0.336 e. The van der Waals surface area contributed by atoms with Crippen molar-refractivity contribution in [2.75, 3.05) is 19.6 Å². The molecule has 1 aliphatic rings. The molecule has 1 fully saturated rings. The first-order chi connectivity index (χ1) is 20.7. The Balaban J connectivity index is 0.00000368. The Morgan fingerprint density at radius 3 is 1.84 bits per heavy atom. The van der Waals surface area contributed by atoms with Crippen LogP contribution < -0.4 is 11.2 Å². The van der Waals surface area contributed by atoms with Gasteiger partial charge in [-0.1, -0.05) is 91.0 Å². The van der Waals surface area contributed by atoms with E-state index < -0.39 is 0 Å². The van der Waals surface area contributed by atoms with E-state index in [1.54, 1.807) is 22.8 Å². The van der Waals surface area contributed by atoms with Crippen LogP contribution in [0.25, 0.3) is 16.6 Å². The van der Waals surface area contributed by atoms with Crippen LogP contribution in [0.5, 0.6) is 0 Å². The third-order valence-electron chi connectivity index (χ3n) is 8.24. The van der Waals surface area contributed by atoms with Gasteiger partial charge in [-0.3, -0.25) is 9.36 Å². The number of para-hydroxylation sites is 2. The second kappa shape index (κ2) is 14.5. The molecule has 43 heavy (non-hydrogen) atoms. The van der Waals surface area contributed by atoms with E-state index in [9.17, 15) is 9.59 Å². The molecule has 0 saturated carbocycles. The highest BCUT2D eigenvalue weighted by atomic mass is 35.5. The molecule has 1 aliphatic heterocycles. The number of aromatic nitrogens is 2. The summed E-state index contributed by atoms with van der Waals surface area (Å²) in [5.74, 6) is 0. The minimum Gasteiger partial charge on any atom is -0.365 e. The Morgan fingerprint density at radius 1 is 0.674 bits per heavy atom. The standard InChI is InChI=1S/C36H37N3O3.ClH/c40-35-32-20-10-11-21-33(32)38(36(41)39(35)30-18-8-3-9-19-30)25-13-12-24-37-26-22-31(23-27-37)42-34(28-14-4-1-5-15-28)29-16-6-2-7-17-29;/h1-11,14-21,31,34H,12-13,22-27H2;1H. The quantitative estimate of drug-likeness (QED) is 0.170. The number of ether oxygens (including phenoxy) is 1. The van der Waals surface area contributed by atoms with Gasteiger partial charge in [0.1, 0.15) is 6.10 Å². The molecule has 6 nitrogen and oxygen atoms in total. The predicted molar refractivity (Wildman–Crippen MR) is 176 cm³/mol. The number of unbranched alkanes of at least 4 members (excludes halogenated alkanes) is 1. The highest BCUT2D eigenvalue weighted by Gasteiger charge is 2.24. The molecule has 0 N–H and O–H groups in total. The van der Waals surface area contributed by atoms with Gasteiger partial charge in [0.05, 0.1) is 22.7 Å². The Kier molecular flexibility index (Phi) is 10.3. The zero-order valence-electron chi connectivity index (χ0n) is 24.3. The summed E-state index contributed by atoms with van der Waals surface area (Å²) in [5.41, 5.74) is 3.11. The number of hydrogen-bond acceptors (Lipinski definition) is 4. The summed E-state index contributed by atoms with van der Waals surface area (Å²) >= 11 is 0. The molecule has 7 heteroatoms. The molecule has 0 atom stereocenters. The number of nitrogens with zero attached hydrogens (tertiary/aromatic N) is 3. The Morgan fingerprint density at radius 2 is 1.21 bits per heavy atom. The van der Waals surface area contributed by atoms with Gasteiger partial charge in [-0.25, -0.2) is 9.36 Å². The number of aryl methyl sites for hydroxylation is 1. The number of likely N-dealkylation sites (tertiary alicyclic amines) is 1. The highest BCUT2D eigenvalue weighted by molar-refractivity contribution is 5.85.